The lowest BCUT2D eigenvalue weighted by molar-refractivity contribution is 0.415. The lowest BCUT2D eigenvalue weighted by Gasteiger charge is -2.28. The van der Waals surface area contributed by atoms with E-state index in [0.29, 0.717) is 18.1 Å². The first-order valence-corrected chi connectivity index (χ1v) is 12.4. The van der Waals surface area contributed by atoms with Gasteiger partial charge in [0.05, 0.1) is 19.1 Å². The van der Waals surface area contributed by atoms with E-state index in [4.69, 9.17) is 14.7 Å². The minimum Gasteiger partial charge on any atom is -0.497 e. The highest BCUT2D eigenvalue weighted by atomic mass is 16.5. The number of fused-ring (bicyclic) bond motifs is 1. The second-order valence-corrected chi connectivity index (χ2v) is 11.2. The van der Waals surface area contributed by atoms with Crippen LogP contribution in [-0.4, -0.2) is 38.7 Å². The van der Waals surface area contributed by atoms with E-state index >= 15 is 0 Å². The van der Waals surface area contributed by atoms with Gasteiger partial charge in [-0.05, 0) is 67.1 Å². The van der Waals surface area contributed by atoms with Crippen LogP contribution in [0.5, 0.6) is 5.75 Å². The molecule has 7 heteroatoms. The number of hydrogen-bond donors (Lipinski definition) is 2. The Labute approximate surface area is 214 Å². The van der Waals surface area contributed by atoms with Crippen LogP contribution < -0.4 is 15.4 Å². The van der Waals surface area contributed by atoms with Crippen molar-refractivity contribution in [3.8, 4) is 5.75 Å². The van der Waals surface area contributed by atoms with Gasteiger partial charge < -0.3 is 19.9 Å². The van der Waals surface area contributed by atoms with Crippen molar-refractivity contribution in [2.45, 2.75) is 58.9 Å². The van der Waals surface area contributed by atoms with E-state index in [-0.39, 0.29) is 11.0 Å². The Morgan fingerprint density at radius 3 is 2.36 bits per heavy atom. The first-order valence-electron chi connectivity index (χ1n) is 12.4. The molecule has 0 spiro atoms. The maximum atomic E-state index is 5.26. The van der Waals surface area contributed by atoms with E-state index in [2.05, 4.69) is 75.4 Å². The third-order valence-corrected chi connectivity index (χ3v) is 6.48. The standard InChI is InChI=1S/C29H38N6O/c1-19-9-10-21(28(2,3)4)15-20(19)16-24-25-26(31-18-35(25)7)33-27(32-24)30-17-29(5,6)34-22-11-13-23(36-8)14-12-22/h9-15,18,34H,16-17H2,1-8H3,(H,30,32,33). The molecule has 0 fully saturated rings. The van der Waals surface area contributed by atoms with Gasteiger partial charge in [-0.15, -0.1) is 0 Å². The number of aryl methyl sites for hydroxylation is 2. The average Bonchev–Trinajstić information content (AvgIpc) is 3.19. The van der Waals surface area contributed by atoms with Crippen LogP contribution >= 0.6 is 0 Å². The fourth-order valence-electron chi connectivity index (χ4n) is 4.26. The third-order valence-electron chi connectivity index (χ3n) is 6.48. The SMILES string of the molecule is COc1ccc(NC(C)(C)CNc2nc(Cc3cc(C(C)(C)C)ccc3C)c3c(ncn3C)n2)cc1. The van der Waals surface area contributed by atoms with Gasteiger partial charge in [0.25, 0.3) is 0 Å². The van der Waals surface area contributed by atoms with Gasteiger partial charge in [0.1, 0.15) is 11.3 Å². The Morgan fingerprint density at radius 1 is 0.972 bits per heavy atom. The summed E-state index contributed by atoms with van der Waals surface area (Å²) in [5.41, 5.74) is 7.37. The van der Waals surface area contributed by atoms with Crippen LogP contribution in [0, 0.1) is 6.92 Å². The molecular weight excluding hydrogens is 448 g/mol. The van der Waals surface area contributed by atoms with Gasteiger partial charge >= 0.3 is 0 Å². The molecule has 4 aromatic rings. The highest BCUT2D eigenvalue weighted by Gasteiger charge is 2.20. The molecule has 4 rings (SSSR count). The maximum absolute atomic E-state index is 5.26. The molecule has 0 aliphatic carbocycles. The molecule has 2 N–H and O–H groups in total. The predicted octanol–water partition coefficient (Wildman–Crippen LogP) is 5.87. The van der Waals surface area contributed by atoms with Crippen molar-refractivity contribution >= 4 is 22.8 Å². The lowest BCUT2D eigenvalue weighted by atomic mass is 9.84. The van der Waals surface area contributed by atoms with E-state index in [1.54, 1.807) is 13.4 Å². The summed E-state index contributed by atoms with van der Waals surface area (Å²) in [7, 11) is 3.67. The molecule has 0 radical (unpaired) electrons. The van der Waals surface area contributed by atoms with Gasteiger partial charge in [0.2, 0.25) is 5.95 Å². The van der Waals surface area contributed by atoms with Gasteiger partial charge in [-0.3, -0.25) is 0 Å². The summed E-state index contributed by atoms with van der Waals surface area (Å²) in [6.45, 7) is 13.8. The van der Waals surface area contributed by atoms with Crippen molar-refractivity contribution in [1.82, 2.24) is 19.5 Å². The second kappa shape index (κ2) is 9.80. The predicted molar refractivity (Wildman–Crippen MR) is 148 cm³/mol. The number of anilines is 2. The van der Waals surface area contributed by atoms with Crippen molar-refractivity contribution in [2.24, 2.45) is 7.05 Å². The molecule has 0 amide bonds. The fourth-order valence-corrected chi connectivity index (χ4v) is 4.26. The molecule has 0 saturated carbocycles. The Hall–Kier alpha value is -3.61. The number of nitrogens with one attached hydrogen (secondary N) is 2. The molecule has 36 heavy (non-hydrogen) atoms. The monoisotopic (exact) mass is 486 g/mol. The topological polar surface area (TPSA) is 76.9 Å². The summed E-state index contributed by atoms with van der Waals surface area (Å²) >= 11 is 0. The first-order chi connectivity index (χ1) is 16.9. The second-order valence-electron chi connectivity index (χ2n) is 11.2. The molecule has 0 unspecified atom stereocenters. The molecule has 7 nitrogen and oxygen atoms in total. The Balaban J connectivity index is 1.58. The van der Waals surface area contributed by atoms with Gasteiger partial charge in [0.15, 0.2) is 5.65 Å². The summed E-state index contributed by atoms with van der Waals surface area (Å²) in [6.07, 6.45) is 2.52. The Kier molecular flexibility index (Phi) is 6.94. The number of imidazole rings is 1. The minimum atomic E-state index is -0.241. The number of methoxy groups -OCH3 is 1. The van der Waals surface area contributed by atoms with Crippen LogP contribution in [0.4, 0.5) is 11.6 Å². The van der Waals surface area contributed by atoms with Crippen LogP contribution in [0.15, 0.2) is 48.8 Å². The average molecular weight is 487 g/mol. The molecule has 2 aromatic heterocycles. The van der Waals surface area contributed by atoms with Crippen molar-refractivity contribution < 1.29 is 4.74 Å². The van der Waals surface area contributed by atoms with Gasteiger partial charge in [-0.25, -0.2) is 9.97 Å². The summed E-state index contributed by atoms with van der Waals surface area (Å²) in [6, 6.07) is 14.7. The fraction of sp³-hybridized carbons (Fsp3) is 0.414. The molecule has 0 aliphatic rings. The number of benzene rings is 2. The zero-order valence-corrected chi connectivity index (χ0v) is 22.7. The smallest absolute Gasteiger partial charge is 0.225 e. The van der Waals surface area contributed by atoms with E-state index in [0.717, 1.165) is 29.1 Å². The van der Waals surface area contributed by atoms with E-state index in [1.807, 2.05) is 35.9 Å². The van der Waals surface area contributed by atoms with Crippen LogP contribution in [0.1, 0.15) is 57.0 Å². The number of rotatable bonds is 8. The molecule has 2 aromatic carbocycles. The van der Waals surface area contributed by atoms with Crippen molar-refractivity contribution in [3.63, 3.8) is 0 Å². The third kappa shape index (κ3) is 5.78. The quantitative estimate of drug-likeness (QED) is 0.324. The van der Waals surface area contributed by atoms with Crippen molar-refractivity contribution in [3.05, 3.63) is 71.2 Å². The summed E-state index contributed by atoms with van der Waals surface area (Å²) in [4.78, 5) is 14.2. The number of hydrogen-bond acceptors (Lipinski definition) is 6. The lowest BCUT2D eigenvalue weighted by Crippen LogP contribution is -2.38. The number of ether oxygens (including phenoxy) is 1. The zero-order valence-electron chi connectivity index (χ0n) is 22.7. The minimum absolute atomic E-state index is 0.0884. The maximum Gasteiger partial charge on any atom is 0.225 e. The molecule has 2 heterocycles. The van der Waals surface area contributed by atoms with Crippen LogP contribution in [-0.2, 0) is 18.9 Å². The molecule has 190 valence electrons. The zero-order chi connectivity index (χ0) is 26.1. The molecular formula is C29H38N6O. The summed E-state index contributed by atoms with van der Waals surface area (Å²) in [5.74, 6) is 1.43. The summed E-state index contributed by atoms with van der Waals surface area (Å²) in [5, 5.41) is 7.02. The van der Waals surface area contributed by atoms with E-state index in [1.165, 1.54) is 16.7 Å². The van der Waals surface area contributed by atoms with Crippen molar-refractivity contribution in [1.29, 1.82) is 0 Å². The first kappa shape index (κ1) is 25.5. The van der Waals surface area contributed by atoms with E-state index in [9.17, 15) is 0 Å². The highest BCUT2D eigenvalue weighted by molar-refractivity contribution is 5.75. The highest BCUT2D eigenvalue weighted by Crippen LogP contribution is 2.27. The summed E-state index contributed by atoms with van der Waals surface area (Å²) < 4.78 is 7.27. The largest absolute Gasteiger partial charge is 0.497 e. The van der Waals surface area contributed by atoms with Crippen LogP contribution in [0.2, 0.25) is 0 Å². The van der Waals surface area contributed by atoms with E-state index < -0.39 is 0 Å². The van der Waals surface area contributed by atoms with Gasteiger partial charge in [-0.2, -0.15) is 4.98 Å². The Morgan fingerprint density at radius 2 is 1.69 bits per heavy atom. The number of aromatic nitrogens is 4. The van der Waals surface area contributed by atoms with Crippen LogP contribution in [0.3, 0.4) is 0 Å². The molecule has 0 bridgehead atoms. The van der Waals surface area contributed by atoms with Gasteiger partial charge in [0, 0.05) is 31.2 Å². The van der Waals surface area contributed by atoms with Crippen molar-refractivity contribution in [2.75, 3.05) is 24.3 Å². The molecule has 0 aliphatic heterocycles. The number of nitrogens with zero attached hydrogens (tertiary/aromatic N) is 4. The van der Waals surface area contributed by atoms with Gasteiger partial charge in [-0.1, -0.05) is 39.0 Å². The van der Waals surface area contributed by atoms with Crippen LogP contribution in [0.25, 0.3) is 11.2 Å². The Bertz CT molecular complexity index is 1350. The molecule has 0 saturated heterocycles. The molecule has 0 atom stereocenters. The normalized spacial score (nSPS) is 12.1.